The zero-order valence-electron chi connectivity index (χ0n) is 12.2. The monoisotopic (exact) mass is 274 g/mol. The minimum Gasteiger partial charge on any atom is -0.383 e. The van der Waals surface area contributed by atoms with Crippen LogP contribution in [-0.4, -0.2) is 36.1 Å². The van der Waals surface area contributed by atoms with E-state index in [9.17, 15) is 0 Å². The van der Waals surface area contributed by atoms with Crippen LogP contribution in [0.2, 0.25) is 0 Å². The Bertz CT molecular complexity index is 404. The van der Waals surface area contributed by atoms with E-state index in [0.29, 0.717) is 6.04 Å². The molecule has 3 N–H and O–H groups in total. The van der Waals surface area contributed by atoms with Crippen LogP contribution in [0.1, 0.15) is 43.7 Å². The number of nitrogens with zero attached hydrogens (tertiary/aromatic N) is 2. The normalized spacial score (nSPS) is 23.6. The summed E-state index contributed by atoms with van der Waals surface area (Å²) in [6.45, 7) is 4.41. The molecule has 2 heterocycles. The van der Waals surface area contributed by atoms with Crippen molar-refractivity contribution in [2.45, 2.75) is 38.1 Å². The summed E-state index contributed by atoms with van der Waals surface area (Å²) in [5.41, 5.74) is 7.43. The minimum atomic E-state index is 0.464. The Kier molecular flexibility index (Phi) is 4.53. The van der Waals surface area contributed by atoms with Gasteiger partial charge in [0.15, 0.2) is 0 Å². The van der Waals surface area contributed by atoms with Crippen molar-refractivity contribution in [1.82, 2.24) is 15.2 Å². The summed E-state index contributed by atoms with van der Waals surface area (Å²) in [6.07, 6.45) is 8.61. The molecule has 3 rings (SSSR count). The molecule has 1 aliphatic carbocycles. The number of rotatable bonds is 3. The second kappa shape index (κ2) is 6.55. The first-order valence-electron chi connectivity index (χ1n) is 8.01. The second-order valence-electron chi connectivity index (χ2n) is 6.11. The van der Waals surface area contributed by atoms with E-state index in [1.807, 2.05) is 6.07 Å². The maximum atomic E-state index is 6.18. The highest BCUT2D eigenvalue weighted by molar-refractivity contribution is 5.41. The van der Waals surface area contributed by atoms with Gasteiger partial charge in [0.25, 0.3) is 0 Å². The van der Waals surface area contributed by atoms with Crippen LogP contribution < -0.4 is 11.1 Å². The van der Waals surface area contributed by atoms with Crippen molar-refractivity contribution in [3.8, 4) is 0 Å². The molecule has 1 aromatic heterocycles. The second-order valence-corrected chi connectivity index (χ2v) is 6.11. The third-order valence-corrected chi connectivity index (χ3v) is 4.83. The Hall–Kier alpha value is -1.13. The number of hydrogen-bond acceptors (Lipinski definition) is 4. The molecule has 1 atom stereocenters. The molecule has 4 nitrogen and oxygen atoms in total. The summed E-state index contributed by atoms with van der Waals surface area (Å²) >= 11 is 0. The molecule has 0 amide bonds. The van der Waals surface area contributed by atoms with Crippen molar-refractivity contribution in [2.75, 3.05) is 31.9 Å². The van der Waals surface area contributed by atoms with Gasteiger partial charge in [-0.15, -0.1) is 0 Å². The van der Waals surface area contributed by atoms with Crippen LogP contribution in [0.3, 0.4) is 0 Å². The van der Waals surface area contributed by atoms with Crippen molar-refractivity contribution >= 4 is 5.82 Å². The molecule has 4 heteroatoms. The van der Waals surface area contributed by atoms with Crippen molar-refractivity contribution in [1.29, 1.82) is 0 Å². The minimum absolute atomic E-state index is 0.464. The van der Waals surface area contributed by atoms with Crippen LogP contribution in [0.15, 0.2) is 18.3 Å². The highest BCUT2D eigenvalue weighted by atomic mass is 15.2. The smallest absolute Gasteiger partial charge is 0.128 e. The lowest BCUT2D eigenvalue weighted by atomic mass is 9.80. The molecule has 0 spiro atoms. The van der Waals surface area contributed by atoms with Crippen LogP contribution >= 0.6 is 0 Å². The van der Waals surface area contributed by atoms with E-state index in [-0.39, 0.29) is 0 Å². The van der Waals surface area contributed by atoms with Gasteiger partial charge < -0.3 is 11.1 Å². The van der Waals surface area contributed by atoms with Crippen LogP contribution in [0.25, 0.3) is 0 Å². The van der Waals surface area contributed by atoms with Crippen LogP contribution in [0.4, 0.5) is 5.82 Å². The number of hydrogen-bond donors (Lipinski definition) is 2. The molecule has 0 bridgehead atoms. The molecule has 20 heavy (non-hydrogen) atoms. The fourth-order valence-electron chi connectivity index (χ4n) is 3.84. The first-order chi connectivity index (χ1) is 9.86. The van der Waals surface area contributed by atoms with Crippen LogP contribution in [-0.2, 0) is 0 Å². The van der Waals surface area contributed by atoms with E-state index in [1.165, 1.54) is 37.7 Å². The Morgan fingerprint density at radius 1 is 1.20 bits per heavy atom. The SMILES string of the molecule is Nc1ncccc1[C@@H](C1CCCCC1)N1CCNCC1. The Labute approximate surface area is 121 Å². The van der Waals surface area contributed by atoms with Gasteiger partial charge in [0.1, 0.15) is 5.82 Å². The molecular weight excluding hydrogens is 248 g/mol. The molecule has 1 aromatic rings. The summed E-state index contributed by atoms with van der Waals surface area (Å²) in [4.78, 5) is 6.95. The fourth-order valence-corrected chi connectivity index (χ4v) is 3.84. The molecule has 0 unspecified atom stereocenters. The molecule has 1 saturated carbocycles. The Balaban J connectivity index is 1.87. The fraction of sp³-hybridized carbons (Fsp3) is 0.688. The lowest BCUT2D eigenvalue weighted by Crippen LogP contribution is -2.47. The molecule has 0 radical (unpaired) electrons. The van der Waals surface area contributed by atoms with E-state index in [2.05, 4.69) is 21.3 Å². The molecule has 1 saturated heterocycles. The summed E-state index contributed by atoms with van der Waals surface area (Å²) in [6, 6.07) is 4.68. The molecule has 2 fully saturated rings. The number of anilines is 1. The van der Waals surface area contributed by atoms with Gasteiger partial charge in [-0.05, 0) is 24.8 Å². The van der Waals surface area contributed by atoms with Crippen LogP contribution in [0, 0.1) is 5.92 Å². The maximum Gasteiger partial charge on any atom is 0.128 e. The standard InChI is InChI=1S/C16H26N4/c17-16-14(7-4-8-19-16)15(13-5-2-1-3-6-13)20-11-9-18-10-12-20/h4,7-8,13,15,18H,1-3,5-6,9-12H2,(H2,17,19)/t15-/m1/s1. The van der Waals surface area contributed by atoms with Gasteiger partial charge in [-0.1, -0.05) is 25.3 Å². The van der Waals surface area contributed by atoms with Gasteiger partial charge in [0.2, 0.25) is 0 Å². The first kappa shape index (κ1) is 13.8. The summed E-state index contributed by atoms with van der Waals surface area (Å²) in [5, 5.41) is 3.45. The highest BCUT2D eigenvalue weighted by Crippen LogP contribution is 2.39. The van der Waals surface area contributed by atoms with Crippen molar-refractivity contribution < 1.29 is 0 Å². The van der Waals surface area contributed by atoms with Gasteiger partial charge in [-0.25, -0.2) is 4.98 Å². The van der Waals surface area contributed by atoms with E-state index in [4.69, 9.17) is 5.73 Å². The van der Waals surface area contributed by atoms with E-state index in [1.54, 1.807) is 6.20 Å². The van der Waals surface area contributed by atoms with Gasteiger partial charge >= 0.3 is 0 Å². The molecular formula is C16H26N4. The van der Waals surface area contributed by atoms with Crippen molar-refractivity contribution in [2.24, 2.45) is 5.92 Å². The first-order valence-corrected chi connectivity index (χ1v) is 8.01. The topological polar surface area (TPSA) is 54.2 Å². The molecule has 1 aliphatic heterocycles. The Morgan fingerprint density at radius 2 is 1.95 bits per heavy atom. The van der Waals surface area contributed by atoms with E-state index < -0.39 is 0 Å². The average Bonchev–Trinajstić information content (AvgIpc) is 2.52. The number of aromatic nitrogens is 1. The van der Waals surface area contributed by atoms with Crippen molar-refractivity contribution in [3.05, 3.63) is 23.9 Å². The highest BCUT2D eigenvalue weighted by Gasteiger charge is 2.32. The van der Waals surface area contributed by atoms with Crippen LogP contribution in [0.5, 0.6) is 0 Å². The summed E-state index contributed by atoms with van der Waals surface area (Å²) in [5.74, 6) is 1.47. The van der Waals surface area contributed by atoms with Gasteiger partial charge in [0.05, 0.1) is 0 Å². The average molecular weight is 274 g/mol. The van der Waals surface area contributed by atoms with Gasteiger partial charge in [-0.2, -0.15) is 0 Å². The van der Waals surface area contributed by atoms with E-state index >= 15 is 0 Å². The summed E-state index contributed by atoms with van der Waals surface area (Å²) < 4.78 is 0. The quantitative estimate of drug-likeness (QED) is 0.887. The van der Waals surface area contributed by atoms with Gasteiger partial charge in [0, 0.05) is 44.0 Å². The third-order valence-electron chi connectivity index (χ3n) is 4.83. The predicted octanol–water partition coefficient (Wildman–Crippen LogP) is 2.19. The Morgan fingerprint density at radius 3 is 2.65 bits per heavy atom. The third kappa shape index (κ3) is 2.96. The molecule has 110 valence electrons. The van der Waals surface area contributed by atoms with Gasteiger partial charge in [-0.3, -0.25) is 4.90 Å². The van der Waals surface area contributed by atoms with Crippen molar-refractivity contribution in [3.63, 3.8) is 0 Å². The number of nitrogen functional groups attached to an aromatic ring is 1. The molecule has 2 aliphatic rings. The lowest BCUT2D eigenvalue weighted by molar-refractivity contribution is 0.104. The molecule has 0 aromatic carbocycles. The number of piperazine rings is 1. The largest absolute Gasteiger partial charge is 0.383 e. The zero-order chi connectivity index (χ0) is 13.8. The zero-order valence-corrected chi connectivity index (χ0v) is 12.2. The number of pyridine rings is 1. The number of nitrogens with two attached hydrogens (primary N) is 1. The van der Waals surface area contributed by atoms with E-state index in [0.717, 1.165) is 37.9 Å². The summed E-state index contributed by atoms with van der Waals surface area (Å²) in [7, 11) is 0. The number of nitrogens with one attached hydrogen (secondary N) is 1. The maximum absolute atomic E-state index is 6.18. The lowest BCUT2D eigenvalue weighted by Gasteiger charge is -2.41. The predicted molar refractivity (Wildman–Crippen MR) is 82.4 cm³/mol.